The minimum absolute atomic E-state index is 0.0288. The zero-order chi connectivity index (χ0) is 13.8. The fourth-order valence-corrected chi connectivity index (χ4v) is 2.27. The molecule has 0 amide bonds. The van der Waals surface area contributed by atoms with Crippen LogP contribution in [0.4, 0.5) is 0 Å². The molecule has 0 spiro atoms. The molecule has 0 aliphatic rings. The smallest absolute Gasteiger partial charge is 0.161 e. The van der Waals surface area contributed by atoms with Crippen molar-refractivity contribution in [3.63, 3.8) is 0 Å². The van der Waals surface area contributed by atoms with Gasteiger partial charge in [-0.2, -0.15) is 5.10 Å². The molecule has 1 atom stereocenters. The van der Waals surface area contributed by atoms with E-state index in [0.717, 1.165) is 29.2 Å². The average Bonchev–Trinajstić information content (AvgIpc) is 2.78. The van der Waals surface area contributed by atoms with Crippen molar-refractivity contribution in [3.8, 4) is 5.75 Å². The van der Waals surface area contributed by atoms with E-state index in [1.54, 1.807) is 13.3 Å². The molecule has 1 unspecified atom stereocenters. The highest BCUT2D eigenvalue weighted by Gasteiger charge is 2.23. The summed E-state index contributed by atoms with van der Waals surface area (Å²) in [7, 11) is 3.59. The predicted molar refractivity (Wildman–Crippen MR) is 74.3 cm³/mol. The predicted octanol–water partition coefficient (Wildman–Crippen LogP) is 1.83. The summed E-state index contributed by atoms with van der Waals surface area (Å²) in [6, 6.07) is 4.07. The van der Waals surface area contributed by atoms with E-state index >= 15 is 0 Å². The van der Waals surface area contributed by atoms with Gasteiger partial charge >= 0.3 is 0 Å². The maximum atomic E-state index is 5.41. The van der Waals surface area contributed by atoms with Crippen LogP contribution < -0.4 is 10.1 Å². The zero-order valence-corrected chi connectivity index (χ0v) is 11.8. The molecule has 0 saturated heterocycles. The number of aromatic nitrogens is 3. The SMILES string of the molecule is CCNC(c1cccnc1C)c1c(OC)cnn1C. The molecule has 0 radical (unpaired) electrons. The first kappa shape index (κ1) is 13.5. The third kappa shape index (κ3) is 2.61. The number of nitrogens with one attached hydrogen (secondary N) is 1. The van der Waals surface area contributed by atoms with Crippen LogP contribution in [-0.4, -0.2) is 28.4 Å². The van der Waals surface area contributed by atoms with Crippen molar-refractivity contribution in [3.05, 3.63) is 41.5 Å². The second kappa shape index (κ2) is 5.84. The van der Waals surface area contributed by atoms with Gasteiger partial charge in [0.15, 0.2) is 5.75 Å². The number of pyridine rings is 1. The minimum Gasteiger partial charge on any atom is -0.493 e. The summed E-state index contributed by atoms with van der Waals surface area (Å²) < 4.78 is 7.26. The molecule has 0 saturated carbocycles. The van der Waals surface area contributed by atoms with Crippen LogP contribution in [-0.2, 0) is 7.05 Å². The number of hydrogen-bond acceptors (Lipinski definition) is 4. The number of aryl methyl sites for hydroxylation is 2. The Bertz CT molecular complexity index is 550. The number of hydrogen-bond donors (Lipinski definition) is 1. The Hall–Kier alpha value is -1.88. The van der Waals surface area contributed by atoms with Crippen LogP contribution in [0.1, 0.15) is 29.9 Å². The van der Waals surface area contributed by atoms with Gasteiger partial charge in [0.1, 0.15) is 5.69 Å². The first-order chi connectivity index (χ1) is 9.19. The largest absolute Gasteiger partial charge is 0.493 e. The summed E-state index contributed by atoms with van der Waals surface area (Å²) >= 11 is 0. The number of methoxy groups -OCH3 is 1. The lowest BCUT2D eigenvalue weighted by Crippen LogP contribution is -2.25. The fraction of sp³-hybridized carbons (Fsp3) is 0.429. The Kier molecular flexibility index (Phi) is 4.16. The van der Waals surface area contributed by atoms with Gasteiger partial charge in [-0.15, -0.1) is 0 Å². The van der Waals surface area contributed by atoms with Crippen molar-refractivity contribution in [2.75, 3.05) is 13.7 Å². The highest BCUT2D eigenvalue weighted by atomic mass is 16.5. The van der Waals surface area contributed by atoms with Gasteiger partial charge in [-0.25, -0.2) is 0 Å². The number of nitrogens with zero attached hydrogens (tertiary/aromatic N) is 3. The van der Waals surface area contributed by atoms with Crippen LogP contribution in [0.5, 0.6) is 5.75 Å². The normalized spacial score (nSPS) is 12.4. The zero-order valence-electron chi connectivity index (χ0n) is 11.8. The Balaban J connectivity index is 2.51. The second-order valence-corrected chi connectivity index (χ2v) is 4.39. The van der Waals surface area contributed by atoms with E-state index < -0.39 is 0 Å². The monoisotopic (exact) mass is 260 g/mol. The van der Waals surface area contributed by atoms with E-state index in [4.69, 9.17) is 4.74 Å². The molecule has 2 aromatic rings. The minimum atomic E-state index is 0.0288. The first-order valence-electron chi connectivity index (χ1n) is 6.39. The van der Waals surface area contributed by atoms with Gasteiger partial charge in [0.2, 0.25) is 0 Å². The summed E-state index contributed by atoms with van der Waals surface area (Å²) in [6.45, 7) is 4.96. The van der Waals surface area contributed by atoms with Gasteiger partial charge in [0, 0.05) is 18.9 Å². The molecule has 102 valence electrons. The average molecular weight is 260 g/mol. The van der Waals surface area contributed by atoms with Gasteiger partial charge in [-0.3, -0.25) is 9.67 Å². The van der Waals surface area contributed by atoms with Crippen LogP contribution >= 0.6 is 0 Å². The molecular weight excluding hydrogens is 240 g/mol. The fourth-order valence-electron chi connectivity index (χ4n) is 2.27. The van der Waals surface area contributed by atoms with E-state index in [2.05, 4.69) is 28.4 Å². The molecule has 1 N–H and O–H groups in total. The molecule has 19 heavy (non-hydrogen) atoms. The van der Waals surface area contributed by atoms with Crippen molar-refractivity contribution in [2.24, 2.45) is 7.05 Å². The maximum Gasteiger partial charge on any atom is 0.161 e. The van der Waals surface area contributed by atoms with Gasteiger partial charge in [0.05, 0.1) is 19.3 Å². The van der Waals surface area contributed by atoms with Gasteiger partial charge in [-0.1, -0.05) is 13.0 Å². The quantitative estimate of drug-likeness (QED) is 0.891. The Morgan fingerprint density at radius 1 is 1.47 bits per heavy atom. The molecule has 2 rings (SSSR count). The lowest BCUT2D eigenvalue weighted by molar-refractivity contribution is 0.401. The van der Waals surface area contributed by atoms with Crippen molar-refractivity contribution >= 4 is 0 Å². The van der Waals surface area contributed by atoms with Crippen molar-refractivity contribution < 1.29 is 4.74 Å². The molecule has 5 heteroatoms. The molecular formula is C14H20N4O. The molecule has 0 aliphatic carbocycles. The van der Waals surface area contributed by atoms with E-state index in [9.17, 15) is 0 Å². The highest BCUT2D eigenvalue weighted by Crippen LogP contribution is 2.30. The Labute approximate surface area is 113 Å². The molecule has 2 heterocycles. The molecule has 5 nitrogen and oxygen atoms in total. The summed E-state index contributed by atoms with van der Waals surface area (Å²) in [5.74, 6) is 0.789. The highest BCUT2D eigenvalue weighted by molar-refractivity contribution is 5.37. The Morgan fingerprint density at radius 3 is 2.89 bits per heavy atom. The van der Waals surface area contributed by atoms with Crippen LogP contribution in [0.2, 0.25) is 0 Å². The van der Waals surface area contributed by atoms with Gasteiger partial charge in [0.25, 0.3) is 0 Å². The summed E-state index contributed by atoms with van der Waals surface area (Å²) in [4.78, 5) is 4.37. The third-order valence-corrected chi connectivity index (χ3v) is 3.21. The standard InChI is InChI=1S/C14H20N4O/c1-5-15-13(11-7-6-8-16-10(11)2)14-12(19-4)9-17-18(14)3/h6-9,13,15H,5H2,1-4H3. The van der Waals surface area contributed by atoms with E-state index in [0.29, 0.717) is 0 Å². The van der Waals surface area contributed by atoms with Crippen LogP contribution in [0.15, 0.2) is 24.5 Å². The lowest BCUT2D eigenvalue weighted by atomic mass is 10.0. The maximum absolute atomic E-state index is 5.41. The van der Waals surface area contributed by atoms with Crippen molar-refractivity contribution in [1.82, 2.24) is 20.1 Å². The van der Waals surface area contributed by atoms with E-state index in [1.807, 2.05) is 30.9 Å². The van der Waals surface area contributed by atoms with Crippen LogP contribution in [0, 0.1) is 6.92 Å². The first-order valence-corrected chi connectivity index (χ1v) is 6.39. The number of rotatable bonds is 5. The summed E-state index contributed by atoms with van der Waals surface area (Å²) in [6.07, 6.45) is 3.55. The second-order valence-electron chi connectivity index (χ2n) is 4.39. The summed E-state index contributed by atoms with van der Waals surface area (Å²) in [5, 5.41) is 7.75. The molecule has 0 aromatic carbocycles. The van der Waals surface area contributed by atoms with Crippen molar-refractivity contribution in [1.29, 1.82) is 0 Å². The molecule has 0 bridgehead atoms. The number of ether oxygens (including phenoxy) is 1. The van der Waals surface area contributed by atoms with E-state index in [1.165, 1.54) is 0 Å². The van der Waals surface area contributed by atoms with Gasteiger partial charge < -0.3 is 10.1 Å². The van der Waals surface area contributed by atoms with E-state index in [-0.39, 0.29) is 6.04 Å². The third-order valence-electron chi connectivity index (χ3n) is 3.21. The topological polar surface area (TPSA) is 52.0 Å². The molecule has 0 aliphatic heterocycles. The van der Waals surface area contributed by atoms with Crippen LogP contribution in [0.3, 0.4) is 0 Å². The lowest BCUT2D eigenvalue weighted by Gasteiger charge is -2.21. The van der Waals surface area contributed by atoms with Crippen LogP contribution in [0.25, 0.3) is 0 Å². The van der Waals surface area contributed by atoms with Crippen molar-refractivity contribution in [2.45, 2.75) is 19.9 Å². The summed E-state index contributed by atoms with van der Waals surface area (Å²) in [5.41, 5.74) is 3.17. The molecule has 2 aromatic heterocycles. The molecule has 0 fully saturated rings. The Morgan fingerprint density at radius 2 is 2.26 bits per heavy atom. The van der Waals surface area contributed by atoms with Gasteiger partial charge in [-0.05, 0) is 25.1 Å².